The molecule has 4 nitrogen and oxygen atoms in total. The van der Waals surface area contributed by atoms with Crippen LogP contribution in [0.5, 0.6) is 5.75 Å². The van der Waals surface area contributed by atoms with E-state index in [4.69, 9.17) is 21.6 Å². The maximum absolute atomic E-state index is 12.7. The van der Waals surface area contributed by atoms with E-state index in [0.717, 1.165) is 0 Å². The number of nitrogens with one attached hydrogen (secondary N) is 1. The van der Waals surface area contributed by atoms with Crippen LogP contribution >= 0.6 is 23.4 Å². The van der Waals surface area contributed by atoms with E-state index in [0.29, 0.717) is 11.3 Å². The van der Waals surface area contributed by atoms with E-state index in [1.165, 1.54) is 25.1 Å². The van der Waals surface area contributed by atoms with E-state index < -0.39 is 17.8 Å². The first-order valence-electron chi connectivity index (χ1n) is 7.11. The van der Waals surface area contributed by atoms with Gasteiger partial charge in [-0.1, -0.05) is 35.5 Å². The van der Waals surface area contributed by atoms with Crippen LogP contribution in [0.4, 0.5) is 14.5 Å². The van der Waals surface area contributed by atoms with Gasteiger partial charge in [0.15, 0.2) is 6.10 Å². The fourth-order valence-corrected chi connectivity index (χ4v) is 2.86. The molecule has 0 aliphatic carbocycles. The van der Waals surface area contributed by atoms with Crippen molar-refractivity contribution in [2.24, 2.45) is 0 Å². The van der Waals surface area contributed by atoms with Crippen LogP contribution in [-0.2, 0) is 4.79 Å². The highest BCUT2D eigenvalue weighted by Gasteiger charge is 2.19. The van der Waals surface area contributed by atoms with Gasteiger partial charge in [-0.05, 0) is 37.3 Å². The molecular formula is C17H13ClF2N2O2S. The van der Waals surface area contributed by atoms with E-state index in [1.54, 1.807) is 24.3 Å². The first kappa shape index (κ1) is 19.0. The molecule has 1 amide bonds. The second kappa shape index (κ2) is 8.70. The lowest BCUT2D eigenvalue weighted by Gasteiger charge is -2.17. The highest BCUT2D eigenvalue weighted by molar-refractivity contribution is 7.99. The summed E-state index contributed by atoms with van der Waals surface area (Å²) in [4.78, 5) is 12.4. The predicted molar refractivity (Wildman–Crippen MR) is 93.2 cm³/mol. The second-order valence-electron chi connectivity index (χ2n) is 4.88. The monoisotopic (exact) mass is 382 g/mol. The lowest BCUT2D eigenvalue weighted by atomic mass is 10.2. The Morgan fingerprint density at radius 1 is 1.32 bits per heavy atom. The molecule has 0 bridgehead atoms. The number of anilines is 1. The number of carbonyl (C=O) groups is 1. The Labute approximate surface area is 152 Å². The highest BCUT2D eigenvalue weighted by Crippen LogP contribution is 2.37. The molecule has 1 N–H and O–H groups in total. The van der Waals surface area contributed by atoms with Gasteiger partial charge < -0.3 is 10.1 Å². The fraction of sp³-hybridized carbons (Fsp3) is 0.176. The average molecular weight is 383 g/mol. The maximum Gasteiger partial charge on any atom is 0.289 e. The number of carbonyl (C=O) groups excluding carboxylic acids is 1. The van der Waals surface area contributed by atoms with Crippen LogP contribution in [0.25, 0.3) is 0 Å². The molecule has 25 heavy (non-hydrogen) atoms. The number of nitriles is 1. The summed E-state index contributed by atoms with van der Waals surface area (Å²) >= 11 is 6.19. The van der Waals surface area contributed by atoms with Crippen molar-refractivity contribution in [3.63, 3.8) is 0 Å². The molecule has 0 fully saturated rings. The number of hydrogen-bond donors (Lipinski definition) is 1. The molecule has 1 atom stereocenters. The Bertz CT molecular complexity index is 811. The van der Waals surface area contributed by atoms with Gasteiger partial charge >= 0.3 is 0 Å². The van der Waals surface area contributed by atoms with Crippen LogP contribution in [0.2, 0.25) is 5.02 Å². The van der Waals surface area contributed by atoms with Crippen molar-refractivity contribution in [2.75, 3.05) is 5.32 Å². The lowest BCUT2D eigenvalue weighted by molar-refractivity contribution is -0.122. The number of hydrogen-bond acceptors (Lipinski definition) is 4. The van der Waals surface area contributed by atoms with Crippen LogP contribution in [0, 0.1) is 11.3 Å². The topological polar surface area (TPSA) is 62.1 Å². The van der Waals surface area contributed by atoms with Crippen molar-refractivity contribution in [2.45, 2.75) is 23.7 Å². The van der Waals surface area contributed by atoms with E-state index in [-0.39, 0.29) is 27.4 Å². The Morgan fingerprint density at radius 2 is 2.04 bits per heavy atom. The summed E-state index contributed by atoms with van der Waals surface area (Å²) < 4.78 is 30.8. The van der Waals surface area contributed by atoms with Crippen LogP contribution in [0.1, 0.15) is 12.5 Å². The van der Waals surface area contributed by atoms with Gasteiger partial charge in [0.1, 0.15) is 5.75 Å². The number of nitrogens with zero attached hydrogens (tertiary/aromatic N) is 1. The third-order valence-electron chi connectivity index (χ3n) is 3.08. The third-order valence-corrected chi connectivity index (χ3v) is 4.36. The molecule has 0 aromatic heterocycles. The first-order valence-corrected chi connectivity index (χ1v) is 8.37. The number of benzene rings is 2. The molecular weight excluding hydrogens is 370 g/mol. The minimum absolute atomic E-state index is 0.0891. The number of amides is 1. The molecule has 8 heteroatoms. The predicted octanol–water partition coefficient (Wildman–Crippen LogP) is 4.93. The lowest BCUT2D eigenvalue weighted by Crippen LogP contribution is -2.30. The van der Waals surface area contributed by atoms with Gasteiger partial charge in [-0.2, -0.15) is 14.0 Å². The molecule has 0 aliphatic rings. The zero-order valence-electron chi connectivity index (χ0n) is 13.0. The Morgan fingerprint density at radius 3 is 2.72 bits per heavy atom. The maximum atomic E-state index is 12.7. The van der Waals surface area contributed by atoms with E-state index in [2.05, 4.69) is 5.32 Å². The molecule has 1 unspecified atom stereocenters. The largest absolute Gasteiger partial charge is 0.481 e. The summed E-state index contributed by atoms with van der Waals surface area (Å²) in [5.41, 5.74) is 0.583. The molecule has 0 aliphatic heterocycles. The van der Waals surface area contributed by atoms with Gasteiger partial charge in [0, 0.05) is 0 Å². The van der Waals surface area contributed by atoms with Crippen LogP contribution < -0.4 is 10.1 Å². The Kier molecular flexibility index (Phi) is 6.62. The quantitative estimate of drug-likeness (QED) is 0.719. The molecule has 0 radical (unpaired) electrons. The van der Waals surface area contributed by atoms with E-state index in [9.17, 15) is 13.6 Å². The average Bonchev–Trinajstić information content (AvgIpc) is 2.57. The summed E-state index contributed by atoms with van der Waals surface area (Å²) in [5, 5.41) is 11.5. The molecule has 2 aromatic carbocycles. The standard InChI is InChI=1S/C17H13ClF2N2O2S/c1-10(24-12-5-2-4-11(8-12)9-21)16(23)22-14-7-3-6-13(18)15(14)25-17(19)20/h2-8,10,17H,1H3,(H,22,23). The molecule has 0 spiro atoms. The molecule has 0 saturated heterocycles. The molecule has 130 valence electrons. The number of thioether (sulfide) groups is 1. The molecule has 0 saturated carbocycles. The van der Waals surface area contributed by atoms with Gasteiger partial charge in [-0.3, -0.25) is 4.79 Å². The normalized spacial score (nSPS) is 11.7. The van der Waals surface area contributed by atoms with Gasteiger partial charge in [0.25, 0.3) is 11.7 Å². The number of rotatable bonds is 6. The summed E-state index contributed by atoms with van der Waals surface area (Å²) in [6.45, 7) is 1.51. The highest BCUT2D eigenvalue weighted by atomic mass is 35.5. The molecule has 2 aromatic rings. The second-order valence-corrected chi connectivity index (χ2v) is 6.29. The van der Waals surface area contributed by atoms with Gasteiger partial charge in [0.05, 0.1) is 27.2 Å². The van der Waals surface area contributed by atoms with Crippen molar-refractivity contribution >= 4 is 35.0 Å². The van der Waals surface area contributed by atoms with Crippen molar-refractivity contribution in [1.82, 2.24) is 0 Å². The van der Waals surface area contributed by atoms with Gasteiger partial charge in [-0.15, -0.1) is 0 Å². The summed E-state index contributed by atoms with van der Waals surface area (Å²) in [5.74, 6) is -2.84. The number of alkyl halides is 2. The van der Waals surface area contributed by atoms with E-state index >= 15 is 0 Å². The van der Waals surface area contributed by atoms with E-state index in [1.807, 2.05) is 6.07 Å². The smallest absolute Gasteiger partial charge is 0.289 e. The van der Waals surface area contributed by atoms with Crippen molar-refractivity contribution in [3.8, 4) is 11.8 Å². The number of ether oxygens (including phenoxy) is 1. The molecule has 0 heterocycles. The van der Waals surface area contributed by atoms with Crippen molar-refractivity contribution in [1.29, 1.82) is 5.26 Å². The summed E-state index contributed by atoms with van der Waals surface area (Å²) in [6, 6.07) is 12.8. The minimum atomic E-state index is -2.67. The summed E-state index contributed by atoms with van der Waals surface area (Å²) in [6.07, 6.45) is -0.905. The molecule has 2 rings (SSSR count). The van der Waals surface area contributed by atoms with Gasteiger partial charge in [0.2, 0.25) is 0 Å². The van der Waals surface area contributed by atoms with Crippen LogP contribution in [0.3, 0.4) is 0 Å². The van der Waals surface area contributed by atoms with Crippen LogP contribution in [0.15, 0.2) is 47.4 Å². The zero-order chi connectivity index (χ0) is 18.4. The zero-order valence-corrected chi connectivity index (χ0v) is 14.6. The Hall–Kier alpha value is -2.30. The SMILES string of the molecule is CC(Oc1cccc(C#N)c1)C(=O)Nc1cccc(Cl)c1SC(F)F. The first-order chi connectivity index (χ1) is 11.9. The van der Waals surface area contributed by atoms with Crippen LogP contribution in [-0.4, -0.2) is 17.8 Å². The van der Waals surface area contributed by atoms with Crippen molar-refractivity contribution in [3.05, 3.63) is 53.1 Å². The summed E-state index contributed by atoms with van der Waals surface area (Å²) in [7, 11) is 0. The third kappa shape index (κ3) is 5.34. The fourth-order valence-electron chi connectivity index (χ4n) is 1.95. The minimum Gasteiger partial charge on any atom is -0.481 e. The van der Waals surface area contributed by atoms with Crippen molar-refractivity contribution < 1.29 is 18.3 Å². The number of halogens is 3. The van der Waals surface area contributed by atoms with Gasteiger partial charge in [-0.25, -0.2) is 0 Å². The Balaban J connectivity index is 2.11.